The van der Waals surface area contributed by atoms with Crippen LogP contribution in [0.3, 0.4) is 0 Å². The van der Waals surface area contributed by atoms with E-state index in [-0.39, 0.29) is 0 Å². The Bertz CT molecular complexity index is 469. The van der Waals surface area contributed by atoms with Crippen molar-refractivity contribution in [2.24, 2.45) is 0 Å². The maximum Gasteiger partial charge on any atom is 0.133 e. The Labute approximate surface area is 94.3 Å². The molecule has 0 saturated carbocycles. The van der Waals surface area contributed by atoms with Crippen LogP contribution in [-0.4, -0.2) is 20.0 Å². The van der Waals surface area contributed by atoms with Crippen LogP contribution in [0, 0.1) is 6.92 Å². The molecule has 2 aromatic heterocycles. The van der Waals surface area contributed by atoms with Crippen molar-refractivity contribution in [2.75, 3.05) is 5.73 Å². The number of nitrogens with zero attached hydrogens (tertiary/aromatic N) is 4. The molecule has 2 aromatic rings. The number of nitrogen functional groups attached to an aromatic ring is 1. The van der Waals surface area contributed by atoms with Gasteiger partial charge in [0.1, 0.15) is 5.82 Å². The Balaban J connectivity index is 2.54. The Kier molecular flexibility index (Phi) is 2.85. The average molecular weight is 217 g/mol. The molecule has 5 nitrogen and oxygen atoms in total. The fourth-order valence-corrected chi connectivity index (χ4v) is 1.74. The Morgan fingerprint density at radius 1 is 1.44 bits per heavy atom. The topological polar surface area (TPSA) is 69.6 Å². The molecule has 0 atom stereocenters. The predicted molar refractivity (Wildman–Crippen MR) is 62.7 cm³/mol. The first-order chi connectivity index (χ1) is 7.74. The maximum absolute atomic E-state index is 5.90. The standard InChI is InChI=1S/C11H15N5/c1-3-6-16-9(7-14-15-16)10-8(2)4-5-13-11(10)12/h4-5,7H,3,6H2,1-2H3,(H2,12,13). The van der Waals surface area contributed by atoms with Crippen molar-refractivity contribution in [3.63, 3.8) is 0 Å². The summed E-state index contributed by atoms with van der Waals surface area (Å²) in [5.41, 5.74) is 8.85. The Morgan fingerprint density at radius 2 is 2.25 bits per heavy atom. The van der Waals surface area contributed by atoms with Crippen LogP contribution in [0.15, 0.2) is 18.5 Å². The second-order valence-corrected chi connectivity index (χ2v) is 3.73. The van der Waals surface area contributed by atoms with Gasteiger partial charge in [0.2, 0.25) is 0 Å². The molecule has 2 heterocycles. The fraction of sp³-hybridized carbons (Fsp3) is 0.364. The summed E-state index contributed by atoms with van der Waals surface area (Å²) in [6, 6.07) is 1.94. The highest BCUT2D eigenvalue weighted by molar-refractivity contribution is 5.73. The second kappa shape index (κ2) is 4.30. The molecule has 0 bridgehead atoms. The first-order valence-electron chi connectivity index (χ1n) is 5.34. The van der Waals surface area contributed by atoms with E-state index < -0.39 is 0 Å². The molecular formula is C11H15N5. The smallest absolute Gasteiger partial charge is 0.133 e. The number of aryl methyl sites for hydroxylation is 2. The number of hydrogen-bond donors (Lipinski definition) is 1. The molecule has 84 valence electrons. The summed E-state index contributed by atoms with van der Waals surface area (Å²) < 4.78 is 1.86. The van der Waals surface area contributed by atoms with Crippen LogP contribution in [0.5, 0.6) is 0 Å². The van der Waals surface area contributed by atoms with Crippen molar-refractivity contribution in [3.8, 4) is 11.3 Å². The largest absolute Gasteiger partial charge is 0.383 e. The Morgan fingerprint density at radius 3 is 2.94 bits per heavy atom. The lowest BCUT2D eigenvalue weighted by molar-refractivity contribution is 0.584. The third-order valence-electron chi connectivity index (χ3n) is 2.50. The molecule has 0 aliphatic carbocycles. The SMILES string of the molecule is CCCn1nncc1-c1c(C)ccnc1N. The molecule has 0 amide bonds. The van der Waals surface area contributed by atoms with E-state index in [0.717, 1.165) is 29.8 Å². The van der Waals surface area contributed by atoms with Gasteiger partial charge in [-0.05, 0) is 25.0 Å². The van der Waals surface area contributed by atoms with E-state index in [0.29, 0.717) is 5.82 Å². The summed E-state index contributed by atoms with van der Waals surface area (Å²) in [7, 11) is 0. The van der Waals surface area contributed by atoms with Crippen molar-refractivity contribution in [2.45, 2.75) is 26.8 Å². The summed E-state index contributed by atoms with van der Waals surface area (Å²) in [6.45, 7) is 4.95. The molecule has 5 heteroatoms. The molecule has 0 unspecified atom stereocenters. The van der Waals surface area contributed by atoms with Gasteiger partial charge in [-0.3, -0.25) is 0 Å². The summed E-state index contributed by atoms with van der Waals surface area (Å²) in [4.78, 5) is 4.11. The van der Waals surface area contributed by atoms with Crippen LogP contribution in [0.4, 0.5) is 5.82 Å². The summed E-state index contributed by atoms with van der Waals surface area (Å²) in [6.07, 6.45) is 4.45. The van der Waals surface area contributed by atoms with Gasteiger partial charge in [0.25, 0.3) is 0 Å². The minimum atomic E-state index is 0.527. The van der Waals surface area contributed by atoms with E-state index in [9.17, 15) is 0 Å². The lowest BCUT2D eigenvalue weighted by Crippen LogP contribution is -2.04. The van der Waals surface area contributed by atoms with Gasteiger partial charge in [0.15, 0.2) is 0 Å². The molecule has 0 aliphatic heterocycles. The van der Waals surface area contributed by atoms with Gasteiger partial charge >= 0.3 is 0 Å². The molecule has 2 rings (SSSR count). The van der Waals surface area contributed by atoms with Crippen molar-refractivity contribution in [1.82, 2.24) is 20.0 Å². The number of aromatic nitrogens is 4. The number of nitrogens with two attached hydrogens (primary N) is 1. The number of rotatable bonds is 3. The third kappa shape index (κ3) is 1.76. The van der Waals surface area contributed by atoms with Crippen LogP contribution in [0.1, 0.15) is 18.9 Å². The summed E-state index contributed by atoms with van der Waals surface area (Å²) in [5, 5.41) is 7.98. The Hall–Kier alpha value is -1.91. The molecule has 0 aromatic carbocycles. The van der Waals surface area contributed by atoms with Crippen LogP contribution in [0.2, 0.25) is 0 Å². The van der Waals surface area contributed by atoms with Crippen molar-refractivity contribution >= 4 is 5.82 Å². The zero-order valence-electron chi connectivity index (χ0n) is 9.51. The number of anilines is 1. The fourth-order valence-electron chi connectivity index (χ4n) is 1.74. The van der Waals surface area contributed by atoms with E-state index in [1.165, 1.54) is 0 Å². The van der Waals surface area contributed by atoms with Gasteiger partial charge in [0.05, 0.1) is 11.9 Å². The second-order valence-electron chi connectivity index (χ2n) is 3.73. The molecule has 0 radical (unpaired) electrons. The van der Waals surface area contributed by atoms with Gasteiger partial charge in [0, 0.05) is 18.3 Å². The van der Waals surface area contributed by atoms with E-state index in [1.54, 1.807) is 12.4 Å². The quantitative estimate of drug-likeness (QED) is 0.848. The van der Waals surface area contributed by atoms with Gasteiger partial charge in [-0.1, -0.05) is 12.1 Å². The van der Waals surface area contributed by atoms with Crippen LogP contribution >= 0.6 is 0 Å². The predicted octanol–water partition coefficient (Wildman–Crippen LogP) is 1.64. The minimum Gasteiger partial charge on any atom is -0.383 e. The van der Waals surface area contributed by atoms with Crippen molar-refractivity contribution < 1.29 is 0 Å². The van der Waals surface area contributed by atoms with Gasteiger partial charge < -0.3 is 5.73 Å². The van der Waals surface area contributed by atoms with Crippen LogP contribution in [0.25, 0.3) is 11.3 Å². The van der Waals surface area contributed by atoms with E-state index in [2.05, 4.69) is 22.2 Å². The highest BCUT2D eigenvalue weighted by Crippen LogP contribution is 2.26. The van der Waals surface area contributed by atoms with E-state index >= 15 is 0 Å². The molecule has 16 heavy (non-hydrogen) atoms. The first kappa shape index (κ1) is 10.6. The zero-order chi connectivity index (χ0) is 11.5. The van der Waals surface area contributed by atoms with Crippen molar-refractivity contribution in [1.29, 1.82) is 0 Å². The highest BCUT2D eigenvalue weighted by Gasteiger charge is 2.12. The number of pyridine rings is 1. The molecule has 0 spiro atoms. The van der Waals surface area contributed by atoms with Gasteiger partial charge in [-0.15, -0.1) is 5.10 Å². The summed E-state index contributed by atoms with van der Waals surface area (Å²) >= 11 is 0. The highest BCUT2D eigenvalue weighted by atomic mass is 15.4. The van der Waals surface area contributed by atoms with Crippen molar-refractivity contribution in [3.05, 3.63) is 24.0 Å². The molecule has 0 aliphatic rings. The maximum atomic E-state index is 5.90. The summed E-state index contributed by atoms with van der Waals surface area (Å²) in [5.74, 6) is 0.527. The monoisotopic (exact) mass is 217 g/mol. The van der Waals surface area contributed by atoms with Gasteiger partial charge in [-0.2, -0.15) is 0 Å². The van der Waals surface area contributed by atoms with Crippen LogP contribution < -0.4 is 5.73 Å². The normalized spacial score (nSPS) is 10.6. The molecule has 0 saturated heterocycles. The molecule has 0 fully saturated rings. The van der Waals surface area contributed by atoms with E-state index in [1.807, 2.05) is 17.7 Å². The lowest BCUT2D eigenvalue weighted by atomic mass is 10.1. The molecular weight excluding hydrogens is 202 g/mol. The number of hydrogen-bond acceptors (Lipinski definition) is 4. The van der Waals surface area contributed by atoms with Gasteiger partial charge in [-0.25, -0.2) is 9.67 Å². The molecule has 2 N–H and O–H groups in total. The van der Waals surface area contributed by atoms with Crippen LogP contribution in [-0.2, 0) is 6.54 Å². The minimum absolute atomic E-state index is 0.527. The third-order valence-corrected chi connectivity index (χ3v) is 2.50. The lowest BCUT2D eigenvalue weighted by Gasteiger charge is -2.09. The zero-order valence-corrected chi connectivity index (χ0v) is 9.51. The average Bonchev–Trinajstić information content (AvgIpc) is 2.67. The van der Waals surface area contributed by atoms with E-state index in [4.69, 9.17) is 5.73 Å². The first-order valence-corrected chi connectivity index (χ1v) is 5.34.